The number of nitrogens with zero attached hydrogens (tertiary/aromatic N) is 1. The normalized spacial score (nSPS) is 20.0. The van der Waals surface area contributed by atoms with Crippen LogP contribution < -0.4 is 16.6 Å². The minimum absolute atomic E-state index is 0.0359. The maximum atomic E-state index is 12.6. The van der Waals surface area contributed by atoms with Crippen molar-refractivity contribution < 1.29 is 9.90 Å². The van der Waals surface area contributed by atoms with Gasteiger partial charge in [0.25, 0.3) is 11.5 Å². The van der Waals surface area contributed by atoms with Crippen LogP contribution in [0.15, 0.2) is 52.3 Å². The number of H-pyrrole nitrogens is 2. The quantitative estimate of drug-likeness (QED) is 0.544. The molecule has 0 spiro atoms. The molecule has 1 atom stereocenters. The average molecular weight is 366 g/mol. The Hall–Kier alpha value is -3.26. The number of carbonyl (C=O) groups is 1. The fourth-order valence-electron chi connectivity index (χ4n) is 3.43. The molecule has 8 nitrogen and oxygen atoms in total. The number of benzene rings is 1. The number of rotatable bonds is 4. The van der Waals surface area contributed by atoms with Crippen molar-refractivity contribution in [2.24, 2.45) is 5.92 Å². The summed E-state index contributed by atoms with van der Waals surface area (Å²) in [6.07, 6.45) is 3.52. The molecule has 27 heavy (non-hydrogen) atoms. The number of aliphatic hydroxyl groups excluding tert-OH is 1. The van der Waals surface area contributed by atoms with E-state index in [2.05, 4.69) is 15.3 Å². The molecule has 1 aromatic carbocycles. The summed E-state index contributed by atoms with van der Waals surface area (Å²) >= 11 is 0. The smallest absolute Gasteiger partial charge is 0.325 e. The van der Waals surface area contributed by atoms with Gasteiger partial charge in [-0.25, -0.2) is 4.79 Å². The first-order valence-corrected chi connectivity index (χ1v) is 8.67. The SMILES string of the molecule is O=C(N[C@H](c1cnc2ccccc2c1)C1CC(O)C1)c1c[nH]c(=O)[nH]c1=O. The lowest BCUT2D eigenvalue weighted by atomic mass is 9.75. The summed E-state index contributed by atoms with van der Waals surface area (Å²) in [4.78, 5) is 44.4. The van der Waals surface area contributed by atoms with Gasteiger partial charge in [-0.1, -0.05) is 18.2 Å². The monoisotopic (exact) mass is 366 g/mol. The zero-order chi connectivity index (χ0) is 19.0. The highest BCUT2D eigenvalue weighted by Crippen LogP contribution is 2.38. The van der Waals surface area contributed by atoms with Gasteiger partial charge in [0.1, 0.15) is 5.56 Å². The van der Waals surface area contributed by atoms with Crippen molar-refractivity contribution in [3.63, 3.8) is 0 Å². The van der Waals surface area contributed by atoms with Crippen molar-refractivity contribution in [3.8, 4) is 0 Å². The molecule has 0 radical (unpaired) electrons. The van der Waals surface area contributed by atoms with E-state index in [1.807, 2.05) is 35.3 Å². The van der Waals surface area contributed by atoms with Crippen LogP contribution in [-0.4, -0.2) is 32.1 Å². The fraction of sp³-hybridized carbons (Fsp3) is 0.263. The van der Waals surface area contributed by atoms with E-state index in [0.717, 1.165) is 22.7 Å². The molecule has 1 saturated carbocycles. The van der Waals surface area contributed by atoms with Gasteiger partial charge in [0.15, 0.2) is 0 Å². The van der Waals surface area contributed by atoms with E-state index in [-0.39, 0.29) is 17.6 Å². The first kappa shape index (κ1) is 17.2. The van der Waals surface area contributed by atoms with Gasteiger partial charge in [0.2, 0.25) is 0 Å². The van der Waals surface area contributed by atoms with Crippen LogP contribution in [0.2, 0.25) is 0 Å². The molecular formula is C19H18N4O4. The molecule has 3 aromatic rings. The Morgan fingerprint density at radius 3 is 2.78 bits per heavy atom. The molecule has 2 heterocycles. The Kier molecular flexibility index (Phi) is 4.33. The molecule has 138 valence electrons. The van der Waals surface area contributed by atoms with Crippen molar-refractivity contribution in [1.29, 1.82) is 0 Å². The summed E-state index contributed by atoms with van der Waals surface area (Å²) in [5.74, 6) is -0.555. The summed E-state index contributed by atoms with van der Waals surface area (Å²) < 4.78 is 0. The molecule has 1 fully saturated rings. The van der Waals surface area contributed by atoms with Gasteiger partial charge < -0.3 is 15.4 Å². The predicted molar refractivity (Wildman–Crippen MR) is 98.4 cm³/mol. The number of nitrogens with one attached hydrogen (secondary N) is 3. The summed E-state index contributed by atoms with van der Waals surface area (Å²) in [6, 6.07) is 9.21. The van der Waals surface area contributed by atoms with Crippen molar-refractivity contribution in [2.45, 2.75) is 25.0 Å². The number of aliphatic hydroxyl groups is 1. The first-order valence-electron chi connectivity index (χ1n) is 8.67. The fourth-order valence-corrected chi connectivity index (χ4v) is 3.43. The standard InChI is InChI=1S/C19H18N4O4/c24-13-6-11(7-13)16(12-5-10-3-1-2-4-15(10)20-8-12)22-17(25)14-9-21-19(27)23-18(14)26/h1-5,8-9,11,13,16,24H,6-7H2,(H,22,25)(H2,21,23,26,27)/t11?,13?,16-/m0/s1. The molecule has 8 heteroatoms. The Morgan fingerprint density at radius 1 is 1.26 bits per heavy atom. The molecule has 0 saturated heterocycles. The third-order valence-corrected chi connectivity index (χ3v) is 4.94. The van der Waals surface area contributed by atoms with E-state index < -0.39 is 23.2 Å². The lowest BCUT2D eigenvalue weighted by molar-refractivity contribution is 0.0235. The zero-order valence-electron chi connectivity index (χ0n) is 14.3. The lowest BCUT2D eigenvalue weighted by Gasteiger charge is -2.38. The lowest BCUT2D eigenvalue weighted by Crippen LogP contribution is -2.43. The second kappa shape index (κ2) is 6.81. The van der Waals surface area contributed by atoms with E-state index >= 15 is 0 Å². The summed E-state index contributed by atoms with van der Waals surface area (Å²) in [5, 5.41) is 13.5. The van der Waals surface area contributed by atoms with E-state index in [1.165, 1.54) is 0 Å². The van der Waals surface area contributed by atoms with Crippen LogP contribution in [0.3, 0.4) is 0 Å². The third kappa shape index (κ3) is 3.39. The molecule has 2 aromatic heterocycles. The van der Waals surface area contributed by atoms with Crippen LogP contribution >= 0.6 is 0 Å². The van der Waals surface area contributed by atoms with E-state index in [9.17, 15) is 19.5 Å². The van der Waals surface area contributed by atoms with Crippen LogP contribution in [0.4, 0.5) is 0 Å². The second-order valence-corrected chi connectivity index (χ2v) is 6.78. The summed E-state index contributed by atoms with van der Waals surface area (Å²) in [7, 11) is 0. The van der Waals surface area contributed by atoms with Crippen molar-refractivity contribution in [1.82, 2.24) is 20.3 Å². The summed E-state index contributed by atoms with van der Waals surface area (Å²) in [6.45, 7) is 0. The van der Waals surface area contributed by atoms with E-state index in [4.69, 9.17) is 0 Å². The Bertz CT molecular complexity index is 1110. The van der Waals surface area contributed by atoms with Crippen LogP contribution in [0, 0.1) is 5.92 Å². The van der Waals surface area contributed by atoms with Gasteiger partial charge in [-0.05, 0) is 36.5 Å². The van der Waals surface area contributed by atoms with Crippen LogP contribution in [0.25, 0.3) is 10.9 Å². The maximum absolute atomic E-state index is 12.6. The maximum Gasteiger partial charge on any atom is 0.325 e. The Balaban J connectivity index is 1.67. The van der Waals surface area contributed by atoms with Crippen molar-refractivity contribution in [3.05, 3.63) is 74.7 Å². The Labute approximate surface area is 153 Å². The molecule has 0 bridgehead atoms. The number of amides is 1. The van der Waals surface area contributed by atoms with Crippen LogP contribution in [0.1, 0.15) is 34.8 Å². The average Bonchev–Trinajstić information content (AvgIpc) is 2.63. The first-order chi connectivity index (χ1) is 13.0. The highest BCUT2D eigenvalue weighted by atomic mass is 16.3. The van der Waals surface area contributed by atoms with Gasteiger partial charge in [0.05, 0.1) is 17.7 Å². The van der Waals surface area contributed by atoms with Crippen molar-refractivity contribution >= 4 is 16.8 Å². The Morgan fingerprint density at radius 2 is 2.04 bits per heavy atom. The largest absolute Gasteiger partial charge is 0.393 e. The number of hydrogen-bond acceptors (Lipinski definition) is 5. The van der Waals surface area contributed by atoms with Gasteiger partial charge in [-0.2, -0.15) is 0 Å². The molecular weight excluding hydrogens is 348 g/mol. The predicted octanol–water partition coefficient (Wildman–Crippen LogP) is 0.853. The molecule has 1 aliphatic carbocycles. The number of hydrogen-bond donors (Lipinski definition) is 4. The number of aromatic nitrogens is 3. The number of aromatic amines is 2. The van der Waals surface area contributed by atoms with Gasteiger partial charge in [-0.15, -0.1) is 0 Å². The topological polar surface area (TPSA) is 128 Å². The number of pyridine rings is 1. The van der Waals surface area contributed by atoms with E-state index in [0.29, 0.717) is 12.8 Å². The number of para-hydroxylation sites is 1. The molecule has 0 aliphatic heterocycles. The molecule has 1 amide bonds. The van der Waals surface area contributed by atoms with Gasteiger partial charge >= 0.3 is 5.69 Å². The number of fused-ring (bicyclic) bond motifs is 1. The highest BCUT2D eigenvalue weighted by Gasteiger charge is 2.36. The second-order valence-electron chi connectivity index (χ2n) is 6.78. The number of carbonyl (C=O) groups excluding carboxylic acids is 1. The van der Waals surface area contributed by atoms with Crippen LogP contribution in [0.5, 0.6) is 0 Å². The van der Waals surface area contributed by atoms with Gasteiger partial charge in [0, 0.05) is 17.8 Å². The van der Waals surface area contributed by atoms with Crippen molar-refractivity contribution in [2.75, 3.05) is 0 Å². The highest BCUT2D eigenvalue weighted by molar-refractivity contribution is 5.93. The van der Waals surface area contributed by atoms with Crippen LogP contribution in [-0.2, 0) is 0 Å². The molecule has 0 unspecified atom stereocenters. The summed E-state index contributed by atoms with van der Waals surface area (Å²) in [5.41, 5.74) is 0.0549. The minimum atomic E-state index is -0.750. The minimum Gasteiger partial charge on any atom is -0.393 e. The molecule has 4 N–H and O–H groups in total. The molecule has 1 aliphatic rings. The molecule has 4 rings (SSSR count). The zero-order valence-corrected chi connectivity index (χ0v) is 14.3. The van der Waals surface area contributed by atoms with E-state index in [1.54, 1.807) is 6.20 Å². The third-order valence-electron chi connectivity index (χ3n) is 4.94. The van der Waals surface area contributed by atoms with Gasteiger partial charge in [-0.3, -0.25) is 19.6 Å².